The molecule has 0 amide bonds. The number of rotatable bonds is 8. The molecule has 0 N–H and O–H groups in total. The van der Waals surface area contributed by atoms with Crippen LogP contribution in [-0.2, 0) is 10.0 Å². The van der Waals surface area contributed by atoms with Gasteiger partial charge in [0.25, 0.3) is 0 Å². The van der Waals surface area contributed by atoms with Crippen molar-refractivity contribution in [3.63, 3.8) is 0 Å². The van der Waals surface area contributed by atoms with Gasteiger partial charge in [-0.15, -0.1) is 0 Å². The molecule has 2 aliphatic rings. The Morgan fingerprint density at radius 2 is 1.69 bits per heavy atom. The minimum absolute atomic E-state index is 0.0528. The van der Waals surface area contributed by atoms with Crippen LogP contribution >= 0.6 is 0 Å². The number of hydrogen-bond donors (Lipinski definition) is 0. The Kier molecular flexibility index (Phi) is 7.52. The van der Waals surface area contributed by atoms with E-state index in [9.17, 15) is 13.2 Å². The summed E-state index contributed by atoms with van der Waals surface area (Å²) in [4.78, 5) is 15.4. The van der Waals surface area contributed by atoms with Crippen LogP contribution in [0.25, 0.3) is 0 Å². The highest BCUT2D eigenvalue weighted by Gasteiger charge is 2.40. The average Bonchev–Trinajstić information content (AvgIpc) is 2.73. The number of ketones is 1. The molecule has 0 spiro atoms. The molecule has 6 heteroatoms. The summed E-state index contributed by atoms with van der Waals surface area (Å²) in [5.41, 5.74) is 1.94. The second-order valence-corrected chi connectivity index (χ2v) is 10.8. The molecule has 1 aliphatic carbocycles. The number of piperazine rings is 1. The van der Waals surface area contributed by atoms with Gasteiger partial charge in [0.15, 0.2) is 5.78 Å². The van der Waals surface area contributed by atoms with Crippen LogP contribution in [0.3, 0.4) is 0 Å². The van der Waals surface area contributed by atoms with Gasteiger partial charge in [-0.2, -0.15) is 4.31 Å². The molecule has 0 aromatic heterocycles. The summed E-state index contributed by atoms with van der Waals surface area (Å²) in [5, 5.41) is 0. The van der Waals surface area contributed by atoms with Crippen LogP contribution in [0, 0.1) is 6.92 Å². The Labute approximate surface area is 176 Å². The second-order valence-electron chi connectivity index (χ2n) is 8.73. The van der Waals surface area contributed by atoms with E-state index in [2.05, 4.69) is 4.90 Å². The summed E-state index contributed by atoms with van der Waals surface area (Å²) >= 11 is 0. The normalized spacial score (nSPS) is 21.2. The van der Waals surface area contributed by atoms with Gasteiger partial charge in [-0.1, -0.05) is 50.5 Å². The van der Waals surface area contributed by atoms with Crippen LogP contribution in [0.4, 0.5) is 0 Å². The van der Waals surface area contributed by atoms with Crippen molar-refractivity contribution in [1.29, 1.82) is 0 Å². The predicted molar refractivity (Wildman–Crippen MR) is 118 cm³/mol. The SMILES string of the molecule is CCCS(=O)(=O)N1CCN(C2(CCC(=O)c3ccccc3C)CCCCC2)CC1. The van der Waals surface area contributed by atoms with Crippen LogP contribution in [0.1, 0.15) is 74.2 Å². The fourth-order valence-electron chi connectivity index (χ4n) is 5.13. The second kappa shape index (κ2) is 9.71. The number of carbonyl (C=O) groups excluding carboxylic acids is 1. The van der Waals surface area contributed by atoms with Crippen LogP contribution < -0.4 is 0 Å². The van der Waals surface area contributed by atoms with Crippen molar-refractivity contribution in [2.75, 3.05) is 31.9 Å². The first kappa shape index (κ1) is 22.4. The molecular weight excluding hydrogens is 384 g/mol. The number of benzene rings is 1. The van der Waals surface area contributed by atoms with Crippen molar-refractivity contribution in [3.05, 3.63) is 35.4 Å². The lowest BCUT2D eigenvalue weighted by molar-refractivity contribution is 0.0165. The quantitative estimate of drug-likeness (QED) is 0.596. The van der Waals surface area contributed by atoms with Gasteiger partial charge >= 0.3 is 0 Å². The highest BCUT2D eigenvalue weighted by atomic mass is 32.2. The molecule has 3 rings (SSSR count). The first-order chi connectivity index (χ1) is 13.9. The highest BCUT2D eigenvalue weighted by Crippen LogP contribution is 2.38. The fourth-order valence-corrected chi connectivity index (χ4v) is 6.62. The van der Waals surface area contributed by atoms with Gasteiger partial charge < -0.3 is 0 Å². The molecular formula is C23H36N2O3S. The lowest BCUT2D eigenvalue weighted by atomic mass is 9.76. The maximum atomic E-state index is 12.9. The third-order valence-electron chi connectivity index (χ3n) is 6.81. The summed E-state index contributed by atoms with van der Waals surface area (Å²) < 4.78 is 26.5. The van der Waals surface area contributed by atoms with Crippen LogP contribution in [0.2, 0.25) is 0 Å². The summed E-state index contributed by atoms with van der Waals surface area (Å²) in [6.07, 6.45) is 8.01. The van der Waals surface area contributed by atoms with Gasteiger partial charge in [-0.25, -0.2) is 8.42 Å². The van der Waals surface area contributed by atoms with Crippen molar-refractivity contribution >= 4 is 15.8 Å². The molecule has 0 unspecified atom stereocenters. The van der Waals surface area contributed by atoms with Gasteiger partial charge in [0, 0.05) is 43.7 Å². The molecule has 2 fully saturated rings. The minimum Gasteiger partial charge on any atom is -0.295 e. The molecule has 1 aromatic carbocycles. The Bertz CT molecular complexity index is 792. The topological polar surface area (TPSA) is 57.7 Å². The van der Waals surface area contributed by atoms with E-state index in [1.807, 2.05) is 38.1 Å². The number of Topliss-reactive ketones (excluding diaryl/α,β-unsaturated/α-hetero) is 1. The monoisotopic (exact) mass is 420 g/mol. The Hall–Kier alpha value is -1.24. The van der Waals surface area contributed by atoms with Gasteiger partial charge in [-0.05, 0) is 38.2 Å². The Morgan fingerprint density at radius 1 is 1.03 bits per heavy atom. The van der Waals surface area contributed by atoms with E-state index in [-0.39, 0.29) is 17.1 Å². The summed E-state index contributed by atoms with van der Waals surface area (Å²) in [6.45, 7) is 6.63. The van der Waals surface area contributed by atoms with E-state index in [1.165, 1.54) is 19.3 Å². The van der Waals surface area contributed by atoms with Gasteiger partial charge in [0.05, 0.1) is 5.75 Å². The molecule has 0 atom stereocenters. The average molecular weight is 421 g/mol. The molecule has 0 bridgehead atoms. The lowest BCUT2D eigenvalue weighted by Gasteiger charge is -2.50. The summed E-state index contributed by atoms with van der Waals surface area (Å²) in [6, 6.07) is 7.84. The zero-order valence-electron chi connectivity index (χ0n) is 18.0. The third kappa shape index (κ3) is 5.28. The smallest absolute Gasteiger partial charge is 0.214 e. The van der Waals surface area contributed by atoms with E-state index in [1.54, 1.807) is 4.31 Å². The van der Waals surface area contributed by atoms with Crippen molar-refractivity contribution in [2.24, 2.45) is 0 Å². The molecule has 1 saturated carbocycles. The standard InChI is InChI=1S/C23H36N2O3S/c1-3-19-29(27,28)25-17-15-24(16-18-25)23(12-7-4-8-13-23)14-11-22(26)21-10-6-5-9-20(21)2/h5-6,9-10H,3-4,7-8,11-19H2,1-2H3. The zero-order valence-corrected chi connectivity index (χ0v) is 18.8. The molecule has 1 heterocycles. The predicted octanol–water partition coefficient (Wildman–Crippen LogP) is 4.02. The number of aryl methyl sites for hydroxylation is 1. The van der Waals surface area contributed by atoms with Crippen molar-refractivity contribution in [3.8, 4) is 0 Å². The maximum Gasteiger partial charge on any atom is 0.214 e. The first-order valence-electron chi connectivity index (χ1n) is 11.2. The molecule has 162 valence electrons. The van der Waals surface area contributed by atoms with Crippen LogP contribution in [0.5, 0.6) is 0 Å². The summed E-state index contributed by atoms with van der Waals surface area (Å²) in [5.74, 6) is 0.473. The van der Waals surface area contributed by atoms with Crippen LogP contribution in [0.15, 0.2) is 24.3 Å². The first-order valence-corrected chi connectivity index (χ1v) is 12.8. The minimum atomic E-state index is -3.12. The number of sulfonamides is 1. The maximum absolute atomic E-state index is 12.9. The van der Waals surface area contributed by atoms with Gasteiger partial charge in [-0.3, -0.25) is 9.69 Å². The number of carbonyl (C=O) groups is 1. The van der Waals surface area contributed by atoms with Gasteiger partial charge in [0.2, 0.25) is 10.0 Å². The molecule has 1 aliphatic heterocycles. The number of nitrogens with zero attached hydrogens (tertiary/aromatic N) is 2. The lowest BCUT2D eigenvalue weighted by Crippen LogP contribution is -2.58. The van der Waals surface area contributed by atoms with E-state index >= 15 is 0 Å². The molecule has 1 saturated heterocycles. The summed E-state index contributed by atoms with van der Waals surface area (Å²) in [7, 11) is -3.12. The van der Waals surface area contributed by atoms with Crippen molar-refractivity contribution in [2.45, 2.75) is 70.8 Å². The molecule has 5 nitrogen and oxygen atoms in total. The zero-order chi connectivity index (χ0) is 20.9. The van der Waals surface area contributed by atoms with Crippen molar-refractivity contribution < 1.29 is 13.2 Å². The van der Waals surface area contributed by atoms with E-state index in [0.717, 1.165) is 43.5 Å². The number of hydrogen-bond acceptors (Lipinski definition) is 4. The Balaban J connectivity index is 1.66. The largest absolute Gasteiger partial charge is 0.295 e. The van der Waals surface area contributed by atoms with E-state index in [4.69, 9.17) is 0 Å². The van der Waals surface area contributed by atoms with Gasteiger partial charge in [0.1, 0.15) is 0 Å². The molecule has 0 radical (unpaired) electrons. The Morgan fingerprint density at radius 3 is 2.31 bits per heavy atom. The molecule has 29 heavy (non-hydrogen) atoms. The van der Waals surface area contributed by atoms with Crippen LogP contribution in [-0.4, -0.2) is 60.9 Å². The highest BCUT2D eigenvalue weighted by molar-refractivity contribution is 7.89. The third-order valence-corrected chi connectivity index (χ3v) is 8.89. The van der Waals surface area contributed by atoms with Crippen molar-refractivity contribution in [1.82, 2.24) is 9.21 Å². The van der Waals surface area contributed by atoms with E-state index < -0.39 is 10.0 Å². The molecule has 1 aromatic rings. The van der Waals surface area contributed by atoms with E-state index in [0.29, 0.717) is 25.9 Å². The fraction of sp³-hybridized carbons (Fsp3) is 0.696.